The maximum absolute atomic E-state index is 4.51. The van der Waals surface area contributed by atoms with Crippen molar-refractivity contribution in [3.05, 3.63) is 48.7 Å². The highest BCUT2D eigenvalue weighted by molar-refractivity contribution is 5.85. The van der Waals surface area contributed by atoms with Crippen LogP contribution in [0, 0.1) is 5.92 Å². The Morgan fingerprint density at radius 3 is 2.79 bits per heavy atom. The number of nitrogens with zero attached hydrogens (tertiary/aromatic N) is 2. The Balaban J connectivity index is 1.81. The molecular weight excluding hydrogens is 234 g/mol. The lowest BCUT2D eigenvalue weighted by molar-refractivity contribution is 0.594. The van der Waals surface area contributed by atoms with Crippen LogP contribution in [-0.4, -0.2) is 23.5 Å². The zero-order valence-corrected chi connectivity index (χ0v) is 11.2. The topological polar surface area (TPSA) is 29.3 Å². The molecule has 0 aliphatic carbocycles. The number of hydrogen-bond donors (Lipinski definition) is 1. The molecule has 1 atom stereocenters. The standard InChI is InChI=1S/C16H19N3/c1-13(16-17-9-10-18-16)12-19-11-5-8-15(19)14-6-3-2-4-7-14/h2-8,11,13H,9-10,12H2,1H3,(H,17,18). The Labute approximate surface area is 114 Å². The monoisotopic (exact) mass is 253 g/mol. The van der Waals surface area contributed by atoms with E-state index < -0.39 is 0 Å². The molecule has 0 amide bonds. The summed E-state index contributed by atoms with van der Waals surface area (Å²) in [4.78, 5) is 4.51. The van der Waals surface area contributed by atoms with Gasteiger partial charge >= 0.3 is 0 Å². The largest absolute Gasteiger partial charge is 0.372 e. The van der Waals surface area contributed by atoms with Crippen LogP contribution in [0.2, 0.25) is 0 Å². The third-order valence-electron chi connectivity index (χ3n) is 3.54. The van der Waals surface area contributed by atoms with Crippen LogP contribution in [0.5, 0.6) is 0 Å². The van der Waals surface area contributed by atoms with Crippen LogP contribution in [0.25, 0.3) is 11.3 Å². The summed E-state index contributed by atoms with van der Waals surface area (Å²) in [5.41, 5.74) is 2.53. The number of hydrogen-bond acceptors (Lipinski definition) is 2. The van der Waals surface area contributed by atoms with Crippen LogP contribution < -0.4 is 5.32 Å². The molecule has 1 aliphatic heterocycles. The minimum Gasteiger partial charge on any atom is -0.372 e. The fourth-order valence-corrected chi connectivity index (χ4v) is 2.57. The first kappa shape index (κ1) is 12.0. The fraction of sp³-hybridized carbons (Fsp3) is 0.312. The number of aliphatic imine (C=N–C) groups is 1. The van der Waals surface area contributed by atoms with Crippen molar-refractivity contribution in [3.8, 4) is 11.3 Å². The first-order chi connectivity index (χ1) is 9.34. The van der Waals surface area contributed by atoms with Crippen LogP contribution in [0.4, 0.5) is 0 Å². The molecule has 3 nitrogen and oxygen atoms in total. The summed E-state index contributed by atoms with van der Waals surface area (Å²) in [7, 11) is 0. The van der Waals surface area contributed by atoms with Crippen molar-refractivity contribution < 1.29 is 0 Å². The lowest BCUT2D eigenvalue weighted by Gasteiger charge is -2.16. The van der Waals surface area contributed by atoms with Gasteiger partial charge in [0, 0.05) is 30.9 Å². The molecule has 2 heterocycles. The number of rotatable bonds is 4. The zero-order valence-electron chi connectivity index (χ0n) is 11.2. The normalized spacial score (nSPS) is 15.9. The van der Waals surface area contributed by atoms with Crippen molar-refractivity contribution in [1.82, 2.24) is 9.88 Å². The molecule has 1 unspecified atom stereocenters. The Kier molecular flexibility index (Phi) is 3.36. The first-order valence-corrected chi connectivity index (χ1v) is 6.83. The van der Waals surface area contributed by atoms with Crippen molar-refractivity contribution in [3.63, 3.8) is 0 Å². The second-order valence-corrected chi connectivity index (χ2v) is 5.01. The van der Waals surface area contributed by atoms with Crippen molar-refractivity contribution in [2.75, 3.05) is 13.1 Å². The molecule has 98 valence electrons. The molecular formula is C16H19N3. The molecule has 19 heavy (non-hydrogen) atoms. The molecule has 3 rings (SSSR count). The van der Waals surface area contributed by atoms with Gasteiger partial charge in [-0.05, 0) is 17.7 Å². The van der Waals surface area contributed by atoms with Gasteiger partial charge in [0.25, 0.3) is 0 Å². The van der Waals surface area contributed by atoms with E-state index in [0.717, 1.165) is 25.5 Å². The van der Waals surface area contributed by atoms with Gasteiger partial charge in [0.15, 0.2) is 0 Å². The fourth-order valence-electron chi connectivity index (χ4n) is 2.57. The molecule has 0 saturated heterocycles. The molecule has 0 saturated carbocycles. The van der Waals surface area contributed by atoms with E-state index in [4.69, 9.17) is 0 Å². The molecule has 0 fully saturated rings. The summed E-state index contributed by atoms with van der Waals surface area (Å²) < 4.78 is 2.31. The van der Waals surface area contributed by atoms with Gasteiger partial charge in [-0.25, -0.2) is 0 Å². The molecule has 1 aromatic heterocycles. The highest BCUT2D eigenvalue weighted by atomic mass is 15.1. The third-order valence-corrected chi connectivity index (χ3v) is 3.54. The molecule has 0 radical (unpaired) electrons. The highest BCUT2D eigenvalue weighted by Gasteiger charge is 2.15. The lowest BCUT2D eigenvalue weighted by atomic mass is 10.1. The van der Waals surface area contributed by atoms with Gasteiger partial charge in [-0.1, -0.05) is 37.3 Å². The molecule has 1 aliphatic rings. The van der Waals surface area contributed by atoms with Crippen LogP contribution >= 0.6 is 0 Å². The maximum atomic E-state index is 4.51. The number of aromatic nitrogens is 1. The van der Waals surface area contributed by atoms with Crippen LogP contribution in [0.1, 0.15) is 6.92 Å². The van der Waals surface area contributed by atoms with E-state index >= 15 is 0 Å². The van der Waals surface area contributed by atoms with Gasteiger partial charge < -0.3 is 9.88 Å². The molecule has 3 heteroatoms. The van der Waals surface area contributed by atoms with Crippen molar-refractivity contribution in [2.45, 2.75) is 13.5 Å². The number of nitrogens with one attached hydrogen (secondary N) is 1. The summed E-state index contributed by atoms with van der Waals surface area (Å²) in [6.07, 6.45) is 2.15. The Bertz CT molecular complexity index is 569. The molecule has 0 bridgehead atoms. The van der Waals surface area contributed by atoms with Crippen molar-refractivity contribution in [1.29, 1.82) is 0 Å². The maximum Gasteiger partial charge on any atom is 0.101 e. The van der Waals surface area contributed by atoms with Gasteiger partial charge in [-0.3, -0.25) is 4.99 Å². The van der Waals surface area contributed by atoms with Gasteiger partial charge in [-0.2, -0.15) is 0 Å². The highest BCUT2D eigenvalue weighted by Crippen LogP contribution is 2.21. The average molecular weight is 253 g/mol. The van der Waals surface area contributed by atoms with Crippen molar-refractivity contribution >= 4 is 5.84 Å². The summed E-state index contributed by atoms with van der Waals surface area (Å²) in [5, 5.41) is 3.36. The lowest BCUT2D eigenvalue weighted by Crippen LogP contribution is -2.28. The quantitative estimate of drug-likeness (QED) is 0.892. The summed E-state index contributed by atoms with van der Waals surface area (Å²) in [6.45, 7) is 5.09. The zero-order chi connectivity index (χ0) is 13.1. The SMILES string of the molecule is CC(Cn1cccc1-c1ccccc1)C1=NCCN1. The Hall–Kier alpha value is -2.03. The van der Waals surface area contributed by atoms with Gasteiger partial charge in [0.1, 0.15) is 5.84 Å². The van der Waals surface area contributed by atoms with Crippen LogP contribution in [-0.2, 0) is 6.54 Å². The summed E-state index contributed by atoms with van der Waals surface area (Å²) in [6, 6.07) is 14.8. The predicted octanol–water partition coefficient (Wildman–Crippen LogP) is 2.79. The average Bonchev–Trinajstić information content (AvgIpc) is 3.11. The van der Waals surface area contributed by atoms with E-state index in [1.165, 1.54) is 11.3 Å². The summed E-state index contributed by atoms with van der Waals surface area (Å²) in [5.74, 6) is 1.57. The molecule has 1 aromatic carbocycles. The molecule has 2 aromatic rings. The van der Waals surface area contributed by atoms with E-state index in [1.807, 2.05) is 0 Å². The Morgan fingerprint density at radius 1 is 1.21 bits per heavy atom. The predicted molar refractivity (Wildman–Crippen MR) is 79.3 cm³/mol. The molecule has 0 spiro atoms. The second kappa shape index (κ2) is 5.31. The van der Waals surface area contributed by atoms with Gasteiger partial charge in [-0.15, -0.1) is 0 Å². The molecule has 1 N–H and O–H groups in total. The van der Waals surface area contributed by atoms with E-state index in [-0.39, 0.29) is 0 Å². The number of amidine groups is 1. The first-order valence-electron chi connectivity index (χ1n) is 6.83. The van der Waals surface area contributed by atoms with Crippen LogP contribution in [0.3, 0.4) is 0 Å². The Morgan fingerprint density at radius 2 is 2.05 bits per heavy atom. The van der Waals surface area contributed by atoms with E-state index in [9.17, 15) is 0 Å². The van der Waals surface area contributed by atoms with E-state index in [2.05, 4.69) is 70.5 Å². The number of benzene rings is 1. The van der Waals surface area contributed by atoms with Gasteiger partial charge in [0.2, 0.25) is 0 Å². The van der Waals surface area contributed by atoms with Crippen LogP contribution in [0.15, 0.2) is 53.7 Å². The summed E-state index contributed by atoms with van der Waals surface area (Å²) >= 11 is 0. The van der Waals surface area contributed by atoms with Gasteiger partial charge in [0.05, 0.1) is 6.54 Å². The third kappa shape index (κ3) is 2.55. The smallest absolute Gasteiger partial charge is 0.101 e. The minimum absolute atomic E-state index is 0.428. The van der Waals surface area contributed by atoms with E-state index in [1.54, 1.807) is 0 Å². The minimum atomic E-state index is 0.428. The van der Waals surface area contributed by atoms with Crippen molar-refractivity contribution in [2.24, 2.45) is 10.9 Å². The second-order valence-electron chi connectivity index (χ2n) is 5.01. The van der Waals surface area contributed by atoms with E-state index in [0.29, 0.717) is 5.92 Å².